The van der Waals surface area contributed by atoms with E-state index in [1.807, 2.05) is 0 Å². The van der Waals surface area contributed by atoms with Crippen LogP contribution in [0.15, 0.2) is 17.0 Å². The van der Waals surface area contributed by atoms with E-state index in [0.717, 1.165) is 13.1 Å². The van der Waals surface area contributed by atoms with E-state index in [1.165, 1.54) is 10.4 Å². The van der Waals surface area contributed by atoms with Gasteiger partial charge in [0.15, 0.2) is 0 Å². The Balaban J connectivity index is 2.24. The lowest BCUT2D eigenvalue weighted by Gasteiger charge is -2.36. The Hall–Kier alpha value is -0.820. The smallest absolute Gasteiger partial charge is 0.243 e. The second-order valence-corrected chi connectivity index (χ2v) is 7.99. The zero-order chi connectivity index (χ0) is 15.8. The number of nitrogens with zero attached hydrogens (tertiary/aromatic N) is 2. The number of sulfonamides is 1. The quantitative estimate of drug-likeness (QED) is 0.860. The number of halogens is 1. The molecule has 1 saturated heterocycles. The van der Waals surface area contributed by atoms with Gasteiger partial charge in [-0.3, -0.25) is 4.90 Å². The molecule has 0 aromatic heterocycles. The van der Waals surface area contributed by atoms with Gasteiger partial charge in [-0.2, -0.15) is 4.31 Å². The fourth-order valence-electron chi connectivity index (χ4n) is 2.52. The SMILES string of the molecule is Cc1cc(S(=O)(=O)N2CCN(C(C)C)CC2)cc(N)c1Cl. The number of nitrogens with two attached hydrogens (primary N) is 1. The van der Waals surface area contributed by atoms with Crippen LogP contribution < -0.4 is 5.73 Å². The summed E-state index contributed by atoms with van der Waals surface area (Å²) in [6.07, 6.45) is 0. The zero-order valence-electron chi connectivity index (χ0n) is 12.6. The molecule has 1 aromatic carbocycles. The molecule has 0 radical (unpaired) electrons. The van der Waals surface area contributed by atoms with E-state index in [2.05, 4.69) is 18.7 Å². The maximum Gasteiger partial charge on any atom is 0.243 e. The molecule has 1 aliphatic heterocycles. The van der Waals surface area contributed by atoms with Crippen LogP contribution in [-0.2, 0) is 10.0 Å². The Kier molecular flexibility index (Phi) is 4.82. The monoisotopic (exact) mass is 331 g/mol. The molecule has 0 saturated carbocycles. The fraction of sp³-hybridized carbons (Fsp3) is 0.571. The summed E-state index contributed by atoms with van der Waals surface area (Å²) in [4.78, 5) is 2.49. The summed E-state index contributed by atoms with van der Waals surface area (Å²) in [6, 6.07) is 3.46. The Bertz CT molecular complexity index is 600. The van der Waals surface area contributed by atoms with E-state index in [0.29, 0.717) is 35.4 Å². The molecule has 1 aliphatic rings. The number of anilines is 1. The second kappa shape index (κ2) is 6.12. The zero-order valence-corrected chi connectivity index (χ0v) is 14.2. The van der Waals surface area contributed by atoms with Gasteiger partial charge < -0.3 is 5.73 Å². The molecular weight excluding hydrogens is 310 g/mol. The highest BCUT2D eigenvalue weighted by molar-refractivity contribution is 7.89. The van der Waals surface area contributed by atoms with Crippen LogP contribution in [0.25, 0.3) is 0 Å². The minimum absolute atomic E-state index is 0.222. The lowest BCUT2D eigenvalue weighted by Crippen LogP contribution is -2.50. The molecule has 2 rings (SSSR count). The molecule has 1 fully saturated rings. The number of nitrogen functional groups attached to an aromatic ring is 1. The van der Waals surface area contributed by atoms with Crippen molar-refractivity contribution < 1.29 is 8.42 Å². The third-order valence-electron chi connectivity index (χ3n) is 3.90. The molecule has 0 unspecified atom stereocenters. The summed E-state index contributed by atoms with van der Waals surface area (Å²) >= 11 is 6.00. The molecule has 7 heteroatoms. The van der Waals surface area contributed by atoms with Gasteiger partial charge in [0.2, 0.25) is 10.0 Å². The molecule has 0 spiro atoms. The number of hydrogen-bond acceptors (Lipinski definition) is 4. The highest BCUT2D eigenvalue weighted by Crippen LogP contribution is 2.28. The van der Waals surface area contributed by atoms with Gasteiger partial charge >= 0.3 is 0 Å². The number of benzene rings is 1. The van der Waals surface area contributed by atoms with E-state index >= 15 is 0 Å². The normalized spacial score (nSPS) is 18.3. The standard InChI is InChI=1S/C14H22ClN3O2S/c1-10(2)17-4-6-18(7-5-17)21(19,20)12-8-11(3)14(15)13(16)9-12/h8-10H,4-7,16H2,1-3H3. The van der Waals surface area contributed by atoms with E-state index in [-0.39, 0.29) is 4.90 Å². The Morgan fingerprint density at radius 1 is 1.19 bits per heavy atom. The van der Waals surface area contributed by atoms with E-state index in [4.69, 9.17) is 17.3 Å². The van der Waals surface area contributed by atoms with Crippen molar-refractivity contribution in [3.05, 3.63) is 22.7 Å². The van der Waals surface area contributed by atoms with Gasteiger partial charge in [-0.05, 0) is 38.5 Å². The van der Waals surface area contributed by atoms with Crippen LogP contribution in [0.2, 0.25) is 5.02 Å². The summed E-state index contributed by atoms with van der Waals surface area (Å²) in [5, 5.41) is 0.415. The Labute approximate surface area is 131 Å². The van der Waals surface area contributed by atoms with Gasteiger partial charge in [0.1, 0.15) is 0 Å². The first-order chi connectivity index (χ1) is 9.73. The molecule has 1 heterocycles. The third kappa shape index (κ3) is 3.34. The highest BCUT2D eigenvalue weighted by Gasteiger charge is 2.29. The molecule has 0 atom stereocenters. The summed E-state index contributed by atoms with van der Waals surface area (Å²) in [6.45, 7) is 8.50. The Morgan fingerprint density at radius 2 is 1.76 bits per heavy atom. The average Bonchev–Trinajstić information content (AvgIpc) is 2.44. The third-order valence-corrected chi connectivity index (χ3v) is 6.29. The predicted octanol–water partition coefficient (Wildman–Crippen LogP) is 1.95. The van der Waals surface area contributed by atoms with Crippen molar-refractivity contribution in [2.24, 2.45) is 0 Å². The van der Waals surface area contributed by atoms with Gasteiger partial charge in [0.25, 0.3) is 0 Å². The molecule has 0 amide bonds. The summed E-state index contributed by atoms with van der Waals surface area (Å²) in [5.74, 6) is 0. The first kappa shape index (κ1) is 16.5. The van der Waals surface area contributed by atoms with E-state index in [1.54, 1.807) is 13.0 Å². The average molecular weight is 332 g/mol. The first-order valence-electron chi connectivity index (χ1n) is 7.03. The first-order valence-corrected chi connectivity index (χ1v) is 8.85. The molecular formula is C14H22ClN3O2S. The van der Waals surface area contributed by atoms with Gasteiger partial charge in [-0.25, -0.2) is 8.42 Å². The van der Waals surface area contributed by atoms with Gasteiger partial charge in [-0.1, -0.05) is 11.6 Å². The highest BCUT2D eigenvalue weighted by atomic mass is 35.5. The predicted molar refractivity (Wildman–Crippen MR) is 86.1 cm³/mol. The summed E-state index contributed by atoms with van der Waals surface area (Å²) < 4.78 is 26.9. The van der Waals surface area contributed by atoms with Gasteiger partial charge in [0.05, 0.1) is 15.6 Å². The van der Waals surface area contributed by atoms with Crippen LogP contribution >= 0.6 is 11.6 Å². The number of hydrogen-bond donors (Lipinski definition) is 1. The van der Waals surface area contributed by atoms with Crippen molar-refractivity contribution in [1.82, 2.24) is 9.21 Å². The minimum Gasteiger partial charge on any atom is -0.397 e. The van der Waals surface area contributed by atoms with E-state index in [9.17, 15) is 8.42 Å². The van der Waals surface area contributed by atoms with Crippen LogP contribution in [0, 0.1) is 6.92 Å². The molecule has 21 heavy (non-hydrogen) atoms. The van der Waals surface area contributed by atoms with Crippen LogP contribution in [0.5, 0.6) is 0 Å². The largest absolute Gasteiger partial charge is 0.397 e. The number of piperazine rings is 1. The lowest BCUT2D eigenvalue weighted by molar-refractivity contribution is 0.154. The number of rotatable bonds is 3. The van der Waals surface area contributed by atoms with Gasteiger partial charge in [0, 0.05) is 32.2 Å². The fourth-order valence-corrected chi connectivity index (χ4v) is 4.17. The molecule has 1 aromatic rings. The van der Waals surface area contributed by atoms with Crippen molar-refractivity contribution >= 4 is 27.3 Å². The van der Waals surface area contributed by atoms with Crippen LogP contribution in [-0.4, -0.2) is 49.8 Å². The maximum absolute atomic E-state index is 12.7. The van der Waals surface area contributed by atoms with Crippen molar-refractivity contribution in [2.75, 3.05) is 31.9 Å². The molecule has 0 aliphatic carbocycles. The maximum atomic E-state index is 12.7. The van der Waals surface area contributed by atoms with Crippen molar-refractivity contribution in [2.45, 2.75) is 31.7 Å². The van der Waals surface area contributed by atoms with Crippen molar-refractivity contribution in [3.63, 3.8) is 0 Å². The minimum atomic E-state index is -3.50. The van der Waals surface area contributed by atoms with Crippen LogP contribution in [0.4, 0.5) is 5.69 Å². The lowest BCUT2D eigenvalue weighted by atomic mass is 10.2. The topological polar surface area (TPSA) is 66.6 Å². The summed E-state index contributed by atoms with van der Waals surface area (Å²) in [7, 11) is -3.50. The van der Waals surface area contributed by atoms with Crippen molar-refractivity contribution in [3.8, 4) is 0 Å². The molecule has 0 bridgehead atoms. The van der Waals surface area contributed by atoms with E-state index < -0.39 is 10.0 Å². The molecule has 118 valence electrons. The van der Waals surface area contributed by atoms with Gasteiger partial charge in [-0.15, -0.1) is 0 Å². The second-order valence-electron chi connectivity index (χ2n) is 5.68. The number of aryl methyl sites for hydroxylation is 1. The Morgan fingerprint density at radius 3 is 2.24 bits per heavy atom. The van der Waals surface area contributed by atoms with Crippen LogP contribution in [0.3, 0.4) is 0 Å². The summed E-state index contributed by atoms with van der Waals surface area (Å²) in [5.41, 5.74) is 6.77. The van der Waals surface area contributed by atoms with Crippen LogP contribution in [0.1, 0.15) is 19.4 Å². The molecule has 5 nitrogen and oxygen atoms in total. The van der Waals surface area contributed by atoms with Crippen molar-refractivity contribution in [1.29, 1.82) is 0 Å². The molecule has 2 N–H and O–H groups in total.